The molecule has 0 aliphatic heterocycles. The van der Waals surface area contributed by atoms with Crippen molar-refractivity contribution in [3.05, 3.63) is 33.8 Å². The van der Waals surface area contributed by atoms with Crippen LogP contribution in [0.15, 0.2) is 22.7 Å². The molecular formula is C13H18BrNO2. The Morgan fingerprint density at radius 1 is 1.53 bits per heavy atom. The van der Waals surface area contributed by atoms with Gasteiger partial charge >= 0.3 is 0 Å². The number of fused-ring (bicyclic) bond motifs is 1. The first-order valence-electron chi connectivity index (χ1n) is 5.87. The molecule has 0 radical (unpaired) electrons. The molecule has 0 amide bonds. The number of benzene rings is 1. The molecule has 1 aromatic rings. The van der Waals surface area contributed by atoms with Gasteiger partial charge in [-0.3, -0.25) is 0 Å². The highest BCUT2D eigenvalue weighted by molar-refractivity contribution is 9.10. The average Bonchev–Trinajstić information content (AvgIpc) is 2.71. The van der Waals surface area contributed by atoms with Crippen molar-refractivity contribution in [1.82, 2.24) is 5.32 Å². The molecule has 94 valence electrons. The van der Waals surface area contributed by atoms with Crippen LogP contribution in [0.1, 0.15) is 30.5 Å². The van der Waals surface area contributed by atoms with E-state index in [4.69, 9.17) is 5.11 Å². The summed E-state index contributed by atoms with van der Waals surface area (Å²) in [5.41, 5.74) is 1.61. The summed E-state index contributed by atoms with van der Waals surface area (Å²) < 4.78 is 1.16. The van der Waals surface area contributed by atoms with Crippen LogP contribution in [0.3, 0.4) is 0 Å². The average molecular weight is 300 g/mol. The number of rotatable bonds is 4. The highest BCUT2D eigenvalue weighted by Crippen LogP contribution is 2.35. The maximum absolute atomic E-state index is 9.76. The van der Waals surface area contributed by atoms with E-state index in [1.54, 1.807) is 6.92 Å². The second kappa shape index (κ2) is 5.06. The Balaban J connectivity index is 2.05. The van der Waals surface area contributed by atoms with Crippen LogP contribution in [0.25, 0.3) is 0 Å². The van der Waals surface area contributed by atoms with Crippen LogP contribution in [0.2, 0.25) is 0 Å². The van der Waals surface area contributed by atoms with E-state index in [1.165, 1.54) is 11.1 Å². The molecule has 0 saturated heterocycles. The predicted octanol–water partition coefficient (Wildman–Crippen LogP) is 1.77. The minimum absolute atomic E-state index is 0.224. The fourth-order valence-electron chi connectivity index (χ4n) is 2.22. The molecule has 4 heteroatoms. The number of hydrogen-bond donors (Lipinski definition) is 3. The van der Waals surface area contributed by atoms with E-state index in [9.17, 15) is 5.11 Å². The highest BCUT2D eigenvalue weighted by Gasteiger charge is 2.26. The Morgan fingerprint density at radius 2 is 2.29 bits per heavy atom. The van der Waals surface area contributed by atoms with Crippen molar-refractivity contribution in [1.29, 1.82) is 0 Å². The van der Waals surface area contributed by atoms with E-state index in [2.05, 4.69) is 33.4 Å². The van der Waals surface area contributed by atoms with Gasteiger partial charge in [-0.25, -0.2) is 0 Å². The molecule has 1 aliphatic rings. The van der Waals surface area contributed by atoms with Gasteiger partial charge in [0, 0.05) is 17.1 Å². The molecule has 0 spiro atoms. The third kappa shape index (κ3) is 2.88. The van der Waals surface area contributed by atoms with Crippen molar-refractivity contribution in [3.8, 4) is 0 Å². The summed E-state index contributed by atoms with van der Waals surface area (Å²) in [4.78, 5) is 0. The molecule has 0 aromatic heterocycles. The van der Waals surface area contributed by atoms with Gasteiger partial charge in [0.05, 0.1) is 12.2 Å². The molecule has 0 saturated carbocycles. The predicted molar refractivity (Wildman–Crippen MR) is 70.9 cm³/mol. The van der Waals surface area contributed by atoms with Gasteiger partial charge in [0.1, 0.15) is 0 Å². The number of aliphatic hydroxyl groups excluding tert-OH is 1. The van der Waals surface area contributed by atoms with Crippen LogP contribution >= 0.6 is 15.9 Å². The van der Waals surface area contributed by atoms with Crippen molar-refractivity contribution in [2.45, 2.75) is 31.4 Å². The molecule has 0 fully saturated rings. The number of aliphatic hydroxyl groups is 2. The highest BCUT2D eigenvalue weighted by atomic mass is 79.9. The molecule has 2 atom stereocenters. The zero-order valence-corrected chi connectivity index (χ0v) is 11.5. The standard InChI is InChI=1S/C13H18BrNO2/c1-13(17,8-16)7-15-12-6-5-9-10(12)3-2-4-11(9)14/h2-4,12,15-17H,5-8H2,1H3. The van der Waals surface area contributed by atoms with E-state index in [0.717, 1.165) is 17.3 Å². The topological polar surface area (TPSA) is 52.5 Å². The van der Waals surface area contributed by atoms with Crippen molar-refractivity contribution in [3.63, 3.8) is 0 Å². The lowest BCUT2D eigenvalue weighted by Crippen LogP contribution is -2.41. The SMILES string of the molecule is CC(O)(CO)CNC1CCc2c(Br)cccc21. The number of hydrogen-bond acceptors (Lipinski definition) is 3. The summed E-state index contributed by atoms with van der Waals surface area (Å²) >= 11 is 3.56. The Kier molecular flexibility index (Phi) is 3.88. The number of nitrogens with one attached hydrogen (secondary N) is 1. The number of halogens is 1. The van der Waals surface area contributed by atoms with E-state index < -0.39 is 5.60 Å². The smallest absolute Gasteiger partial charge is 0.0973 e. The maximum Gasteiger partial charge on any atom is 0.0973 e. The zero-order valence-electron chi connectivity index (χ0n) is 9.91. The van der Waals surface area contributed by atoms with Crippen LogP contribution in [0.5, 0.6) is 0 Å². The van der Waals surface area contributed by atoms with Gasteiger partial charge in [-0.05, 0) is 37.0 Å². The summed E-state index contributed by atoms with van der Waals surface area (Å²) in [7, 11) is 0. The van der Waals surface area contributed by atoms with E-state index >= 15 is 0 Å². The lowest BCUT2D eigenvalue weighted by molar-refractivity contribution is 0.000716. The lowest BCUT2D eigenvalue weighted by atomic mass is 10.1. The Hall–Kier alpha value is -0.420. The summed E-state index contributed by atoms with van der Waals surface area (Å²) in [5.74, 6) is 0. The van der Waals surface area contributed by atoms with Gasteiger partial charge in [-0.1, -0.05) is 28.1 Å². The second-order valence-electron chi connectivity index (χ2n) is 4.93. The van der Waals surface area contributed by atoms with Crippen LogP contribution in [0.4, 0.5) is 0 Å². The van der Waals surface area contributed by atoms with Crippen molar-refractivity contribution in [2.75, 3.05) is 13.2 Å². The second-order valence-corrected chi connectivity index (χ2v) is 5.79. The molecule has 0 bridgehead atoms. The van der Waals surface area contributed by atoms with Crippen LogP contribution in [0, 0.1) is 0 Å². The van der Waals surface area contributed by atoms with Crippen molar-refractivity contribution < 1.29 is 10.2 Å². The summed E-state index contributed by atoms with van der Waals surface area (Å²) in [6.45, 7) is 1.81. The van der Waals surface area contributed by atoms with E-state index in [1.807, 2.05) is 6.07 Å². The van der Waals surface area contributed by atoms with Crippen molar-refractivity contribution >= 4 is 15.9 Å². The molecule has 3 N–H and O–H groups in total. The van der Waals surface area contributed by atoms with Gasteiger partial charge in [-0.2, -0.15) is 0 Å². The Morgan fingerprint density at radius 3 is 3.00 bits per heavy atom. The monoisotopic (exact) mass is 299 g/mol. The zero-order chi connectivity index (χ0) is 12.5. The first-order valence-corrected chi connectivity index (χ1v) is 6.67. The van der Waals surface area contributed by atoms with Crippen LogP contribution < -0.4 is 5.32 Å². The van der Waals surface area contributed by atoms with Crippen LogP contribution in [-0.2, 0) is 6.42 Å². The van der Waals surface area contributed by atoms with Gasteiger partial charge in [0.2, 0.25) is 0 Å². The molecule has 3 nitrogen and oxygen atoms in total. The largest absolute Gasteiger partial charge is 0.393 e. The summed E-state index contributed by atoms with van der Waals surface area (Å²) in [6, 6.07) is 6.50. The molecule has 1 aliphatic carbocycles. The first-order chi connectivity index (χ1) is 8.03. The third-order valence-corrected chi connectivity index (χ3v) is 4.03. The van der Waals surface area contributed by atoms with Gasteiger partial charge in [-0.15, -0.1) is 0 Å². The molecule has 1 aromatic carbocycles. The Bertz CT molecular complexity index is 406. The van der Waals surface area contributed by atoms with Crippen LogP contribution in [-0.4, -0.2) is 29.0 Å². The molecular weight excluding hydrogens is 282 g/mol. The van der Waals surface area contributed by atoms with Gasteiger partial charge in [0.15, 0.2) is 0 Å². The summed E-state index contributed by atoms with van der Waals surface area (Å²) in [6.07, 6.45) is 2.09. The fourth-order valence-corrected chi connectivity index (χ4v) is 2.80. The van der Waals surface area contributed by atoms with E-state index in [0.29, 0.717) is 6.54 Å². The minimum atomic E-state index is -1.05. The first kappa shape index (κ1) is 13.0. The quantitative estimate of drug-likeness (QED) is 0.794. The molecule has 0 heterocycles. The lowest BCUT2D eigenvalue weighted by Gasteiger charge is -2.24. The van der Waals surface area contributed by atoms with E-state index in [-0.39, 0.29) is 12.6 Å². The third-order valence-electron chi connectivity index (χ3n) is 3.28. The minimum Gasteiger partial charge on any atom is -0.393 e. The molecule has 2 unspecified atom stereocenters. The normalized spacial score (nSPS) is 22.2. The maximum atomic E-state index is 9.76. The van der Waals surface area contributed by atoms with Crippen molar-refractivity contribution in [2.24, 2.45) is 0 Å². The van der Waals surface area contributed by atoms with Gasteiger partial charge in [0.25, 0.3) is 0 Å². The molecule has 2 rings (SSSR count). The molecule has 17 heavy (non-hydrogen) atoms. The Labute approximate surface area is 110 Å². The van der Waals surface area contributed by atoms with Gasteiger partial charge < -0.3 is 15.5 Å². The fraction of sp³-hybridized carbons (Fsp3) is 0.538. The summed E-state index contributed by atoms with van der Waals surface area (Å²) in [5, 5.41) is 22.1.